The molecular weight excluding hydrogens is 279 g/mol. The van der Waals surface area contributed by atoms with Crippen LogP contribution < -0.4 is 5.46 Å². The van der Waals surface area contributed by atoms with Crippen molar-refractivity contribution in [3.8, 4) is 22.8 Å². The largest absolute Gasteiger partial charge is 0.488 e. The third kappa shape index (κ3) is 3.00. The summed E-state index contributed by atoms with van der Waals surface area (Å²) in [6.45, 7) is 2.01. The fourth-order valence-corrected chi connectivity index (χ4v) is 1.97. The zero-order chi connectivity index (χ0) is 15.5. The number of hydrogen-bond donors (Lipinski definition) is 2. The van der Waals surface area contributed by atoms with Crippen molar-refractivity contribution >= 4 is 12.6 Å². The van der Waals surface area contributed by atoms with Gasteiger partial charge < -0.3 is 10.0 Å². The SMILES string of the molecule is Cc1ccc(-c2nnc(-c3ccc(B(O)O)cc3)nn2)cc1. The number of hydrogen-bond acceptors (Lipinski definition) is 6. The van der Waals surface area contributed by atoms with Crippen molar-refractivity contribution in [3.05, 3.63) is 54.1 Å². The second kappa shape index (κ2) is 6.01. The predicted octanol–water partition coefficient (Wildman–Crippen LogP) is 0.589. The first-order valence-electron chi connectivity index (χ1n) is 6.74. The second-order valence-electron chi connectivity index (χ2n) is 4.91. The van der Waals surface area contributed by atoms with E-state index in [-0.39, 0.29) is 0 Å². The molecule has 0 fully saturated rings. The van der Waals surface area contributed by atoms with Crippen LogP contribution in [0.15, 0.2) is 48.5 Å². The minimum atomic E-state index is -1.49. The van der Waals surface area contributed by atoms with Gasteiger partial charge in [0.25, 0.3) is 0 Å². The van der Waals surface area contributed by atoms with Gasteiger partial charge in [-0.15, -0.1) is 20.4 Å². The van der Waals surface area contributed by atoms with Crippen molar-refractivity contribution in [1.82, 2.24) is 20.4 Å². The zero-order valence-electron chi connectivity index (χ0n) is 11.9. The van der Waals surface area contributed by atoms with E-state index < -0.39 is 7.12 Å². The van der Waals surface area contributed by atoms with Crippen LogP contribution in [0.2, 0.25) is 0 Å². The van der Waals surface area contributed by atoms with Crippen molar-refractivity contribution in [3.63, 3.8) is 0 Å². The van der Waals surface area contributed by atoms with Gasteiger partial charge >= 0.3 is 7.12 Å². The summed E-state index contributed by atoms with van der Waals surface area (Å²) in [7, 11) is -1.49. The Hall–Kier alpha value is -2.64. The minimum absolute atomic E-state index is 0.384. The highest BCUT2D eigenvalue weighted by atomic mass is 16.4. The Bertz CT molecular complexity index is 759. The van der Waals surface area contributed by atoms with Crippen molar-refractivity contribution in [2.45, 2.75) is 6.92 Å². The molecule has 108 valence electrons. The first kappa shape index (κ1) is 14.3. The molecule has 0 radical (unpaired) electrons. The molecule has 0 unspecified atom stereocenters. The van der Waals surface area contributed by atoms with Gasteiger partial charge in [-0.1, -0.05) is 54.1 Å². The Morgan fingerprint density at radius 3 is 1.50 bits per heavy atom. The molecule has 0 saturated heterocycles. The van der Waals surface area contributed by atoms with Crippen LogP contribution in [-0.2, 0) is 0 Å². The van der Waals surface area contributed by atoms with Gasteiger partial charge in [-0.25, -0.2) is 0 Å². The summed E-state index contributed by atoms with van der Waals surface area (Å²) < 4.78 is 0. The van der Waals surface area contributed by atoms with Crippen LogP contribution in [0.4, 0.5) is 0 Å². The minimum Gasteiger partial charge on any atom is -0.423 e. The quantitative estimate of drug-likeness (QED) is 0.686. The lowest BCUT2D eigenvalue weighted by molar-refractivity contribution is 0.426. The van der Waals surface area contributed by atoms with Crippen LogP contribution in [0.3, 0.4) is 0 Å². The highest BCUT2D eigenvalue weighted by Gasteiger charge is 2.11. The maximum absolute atomic E-state index is 9.07. The second-order valence-corrected chi connectivity index (χ2v) is 4.91. The molecule has 0 saturated carbocycles. The van der Waals surface area contributed by atoms with Gasteiger partial charge in [0.2, 0.25) is 11.6 Å². The lowest BCUT2D eigenvalue weighted by atomic mass is 9.80. The van der Waals surface area contributed by atoms with Crippen LogP contribution in [0.25, 0.3) is 22.8 Å². The average Bonchev–Trinajstić information content (AvgIpc) is 2.56. The molecule has 3 rings (SSSR count). The molecule has 0 aliphatic carbocycles. The molecule has 0 amide bonds. The van der Waals surface area contributed by atoms with E-state index in [0.29, 0.717) is 22.7 Å². The van der Waals surface area contributed by atoms with Gasteiger partial charge in [0.1, 0.15) is 0 Å². The van der Waals surface area contributed by atoms with Gasteiger partial charge in [0.05, 0.1) is 0 Å². The molecule has 7 heteroatoms. The number of nitrogens with zero attached hydrogens (tertiary/aromatic N) is 4. The normalized spacial score (nSPS) is 10.5. The first-order valence-corrected chi connectivity index (χ1v) is 6.74. The third-order valence-electron chi connectivity index (χ3n) is 3.26. The van der Waals surface area contributed by atoms with Crippen molar-refractivity contribution in [2.24, 2.45) is 0 Å². The Kier molecular flexibility index (Phi) is 3.91. The summed E-state index contributed by atoms with van der Waals surface area (Å²) in [5, 5.41) is 34.5. The van der Waals surface area contributed by atoms with E-state index >= 15 is 0 Å². The van der Waals surface area contributed by atoms with Crippen molar-refractivity contribution in [1.29, 1.82) is 0 Å². The summed E-state index contributed by atoms with van der Waals surface area (Å²) in [5.41, 5.74) is 3.13. The smallest absolute Gasteiger partial charge is 0.423 e. The van der Waals surface area contributed by atoms with Crippen LogP contribution in [-0.4, -0.2) is 37.6 Å². The molecule has 6 nitrogen and oxygen atoms in total. The van der Waals surface area contributed by atoms with Gasteiger partial charge in [-0.2, -0.15) is 0 Å². The topological polar surface area (TPSA) is 92.0 Å². The van der Waals surface area contributed by atoms with E-state index in [0.717, 1.165) is 11.1 Å². The molecule has 1 aromatic heterocycles. The van der Waals surface area contributed by atoms with Crippen LogP contribution in [0.1, 0.15) is 5.56 Å². The number of aryl methyl sites for hydroxylation is 1. The van der Waals surface area contributed by atoms with Gasteiger partial charge in [-0.3, -0.25) is 0 Å². The number of benzene rings is 2. The van der Waals surface area contributed by atoms with Gasteiger partial charge in [0.15, 0.2) is 0 Å². The third-order valence-corrected chi connectivity index (χ3v) is 3.26. The zero-order valence-corrected chi connectivity index (χ0v) is 11.9. The maximum Gasteiger partial charge on any atom is 0.488 e. The molecule has 0 bridgehead atoms. The fraction of sp³-hybridized carbons (Fsp3) is 0.0667. The molecule has 3 aromatic rings. The van der Waals surface area contributed by atoms with Gasteiger partial charge in [0, 0.05) is 11.1 Å². The molecule has 2 N–H and O–H groups in total. The molecule has 2 aromatic carbocycles. The molecule has 0 atom stereocenters. The van der Waals surface area contributed by atoms with Crippen LogP contribution in [0.5, 0.6) is 0 Å². The number of rotatable bonds is 3. The van der Waals surface area contributed by atoms with Crippen molar-refractivity contribution in [2.75, 3.05) is 0 Å². The molecule has 0 aliphatic heterocycles. The standard InChI is InChI=1S/C15H13BN4O2/c1-10-2-4-11(5-3-10)14-17-19-15(20-18-14)12-6-8-13(9-7-12)16(21)22/h2-9,21-22H,1H3. The average molecular weight is 292 g/mol. The van der Waals surface area contributed by atoms with Crippen LogP contribution in [0, 0.1) is 6.92 Å². The predicted molar refractivity (Wildman–Crippen MR) is 83.1 cm³/mol. The summed E-state index contributed by atoms with van der Waals surface area (Å²) in [4.78, 5) is 0. The summed E-state index contributed by atoms with van der Waals surface area (Å²) in [5.74, 6) is 0.848. The molecule has 0 aliphatic rings. The fourth-order valence-electron chi connectivity index (χ4n) is 1.97. The lowest BCUT2D eigenvalue weighted by Crippen LogP contribution is -2.29. The van der Waals surface area contributed by atoms with E-state index in [1.54, 1.807) is 24.3 Å². The van der Waals surface area contributed by atoms with Crippen LogP contribution >= 0.6 is 0 Å². The van der Waals surface area contributed by atoms with E-state index in [9.17, 15) is 0 Å². The lowest BCUT2D eigenvalue weighted by Gasteiger charge is -2.03. The van der Waals surface area contributed by atoms with E-state index in [1.807, 2.05) is 31.2 Å². The summed E-state index contributed by atoms with van der Waals surface area (Å²) in [6, 6.07) is 14.4. The van der Waals surface area contributed by atoms with Gasteiger partial charge in [-0.05, 0) is 12.4 Å². The first-order chi connectivity index (χ1) is 10.6. The highest BCUT2D eigenvalue weighted by molar-refractivity contribution is 6.58. The van der Waals surface area contributed by atoms with E-state index in [1.165, 1.54) is 0 Å². The van der Waals surface area contributed by atoms with E-state index in [4.69, 9.17) is 10.0 Å². The molecular formula is C15H13BN4O2. The monoisotopic (exact) mass is 292 g/mol. The molecule has 1 heterocycles. The Labute approximate surface area is 127 Å². The Morgan fingerprint density at radius 2 is 1.09 bits per heavy atom. The number of aromatic nitrogens is 4. The molecule has 0 spiro atoms. The molecule has 22 heavy (non-hydrogen) atoms. The maximum atomic E-state index is 9.07. The summed E-state index contributed by atoms with van der Waals surface area (Å²) in [6.07, 6.45) is 0. The highest BCUT2D eigenvalue weighted by Crippen LogP contribution is 2.16. The van der Waals surface area contributed by atoms with Crippen molar-refractivity contribution < 1.29 is 10.0 Å². The van der Waals surface area contributed by atoms with E-state index in [2.05, 4.69) is 20.4 Å². The summed E-state index contributed by atoms with van der Waals surface area (Å²) >= 11 is 0. The Balaban J connectivity index is 1.86. The Morgan fingerprint density at radius 1 is 0.682 bits per heavy atom.